The van der Waals surface area contributed by atoms with Crippen LogP contribution in [0.15, 0.2) is 22.7 Å². The van der Waals surface area contributed by atoms with Crippen molar-refractivity contribution < 1.29 is 14.6 Å². The Morgan fingerprint density at radius 3 is 2.59 bits per heavy atom. The molecule has 1 aromatic carbocycles. The highest BCUT2D eigenvalue weighted by Gasteiger charge is 2.19. The second-order valence-corrected chi connectivity index (χ2v) is 5.16. The molecule has 94 valence electrons. The van der Waals surface area contributed by atoms with Crippen molar-refractivity contribution in [3.05, 3.63) is 28.2 Å². The molecule has 3 nitrogen and oxygen atoms in total. The van der Waals surface area contributed by atoms with Crippen LogP contribution >= 0.6 is 15.9 Å². The average Bonchev–Trinajstić information content (AvgIpc) is 2.28. The van der Waals surface area contributed by atoms with Crippen molar-refractivity contribution in [3.63, 3.8) is 0 Å². The van der Waals surface area contributed by atoms with E-state index in [1.165, 1.54) is 0 Å². The van der Waals surface area contributed by atoms with Crippen molar-refractivity contribution in [1.29, 1.82) is 0 Å². The van der Waals surface area contributed by atoms with E-state index in [0.717, 1.165) is 15.8 Å². The molecule has 0 saturated carbocycles. The molecule has 0 fully saturated rings. The molecule has 1 aromatic rings. The zero-order valence-electron chi connectivity index (χ0n) is 10.2. The van der Waals surface area contributed by atoms with Gasteiger partial charge < -0.3 is 9.84 Å². The van der Waals surface area contributed by atoms with E-state index in [1.807, 2.05) is 26.0 Å². The number of Topliss-reactive ketones (excluding diaryl/α,β-unsaturated/α-hetero) is 1. The van der Waals surface area contributed by atoms with Crippen LogP contribution in [-0.4, -0.2) is 24.1 Å². The van der Waals surface area contributed by atoms with Crippen molar-refractivity contribution in [2.75, 3.05) is 7.11 Å². The number of hydrogen-bond donors (Lipinski definition) is 1. The number of aliphatic hydroxyl groups is 1. The minimum atomic E-state index is -0.893. The number of aliphatic hydroxyl groups excluding tert-OH is 1. The van der Waals surface area contributed by atoms with Gasteiger partial charge in [-0.1, -0.05) is 19.9 Å². The summed E-state index contributed by atoms with van der Waals surface area (Å²) in [4.78, 5) is 11.7. The lowest BCUT2D eigenvalue weighted by molar-refractivity contribution is -0.128. The summed E-state index contributed by atoms with van der Waals surface area (Å²) in [5.74, 6) is 0.520. The van der Waals surface area contributed by atoms with E-state index < -0.39 is 6.10 Å². The maximum Gasteiger partial charge on any atom is 0.165 e. The highest BCUT2D eigenvalue weighted by molar-refractivity contribution is 9.10. The third-order valence-corrected chi connectivity index (χ3v) is 3.18. The predicted molar refractivity (Wildman–Crippen MR) is 70.2 cm³/mol. The quantitative estimate of drug-likeness (QED) is 0.909. The largest absolute Gasteiger partial charge is 0.496 e. The SMILES string of the molecule is COc1ccc(CC(=O)C(O)C(C)C)cc1Br. The summed E-state index contributed by atoms with van der Waals surface area (Å²) in [7, 11) is 1.59. The molecule has 17 heavy (non-hydrogen) atoms. The first-order valence-electron chi connectivity index (χ1n) is 5.49. The average molecular weight is 301 g/mol. The van der Waals surface area contributed by atoms with Crippen LogP contribution in [0.2, 0.25) is 0 Å². The third kappa shape index (κ3) is 3.82. The van der Waals surface area contributed by atoms with Crippen molar-refractivity contribution in [1.82, 2.24) is 0 Å². The number of methoxy groups -OCH3 is 1. The van der Waals surface area contributed by atoms with Gasteiger partial charge in [-0.3, -0.25) is 4.79 Å². The summed E-state index contributed by atoms with van der Waals surface area (Å²) in [6, 6.07) is 5.47. The van der Waals surface area contributed by atoms with Crippen LogP contribution in [-0.2, 0) is 11.2 Å². The van der Waals surface area contributed by atoms with Crippen LogP contribution in [0.1, 0.15) is 19.4 Å². The van der Waals surface area contributed by atoms with E-state index in [0.29, 0.717) is 0 Å². The van der Waals surface area contributed by atoms with Crippen LogP contribution in [0, 0.1) is 5.92 Å². The minimum Gasteiger partial charge on any atom is -0.496 e. The molecule has 0 aliphatic rings. The summed E-state index contributed by atoms with van der Waals surface area (Å²) in [5.41, 5.74) is 0.863. The van der Waals surface area contributed by atoms with E-state index in [9.17, 15) is 9.90 Å². The zero-order valence-corrected chi connectivity index (χ0v) is 11.8. The Kier molecular flexibility index (Phi) is 5.15. The van der Waals surface area contributed by atoms with Crippen LogP contribution < -0.4 is 4.74 Å². The first-order chi connectivity index (χ1) is 7.95. The molecule has 1 N–H and O–H groups in total. The molecule has 0 heterocycles. The van der Waals surface area contributed by atoms with Gasteiger partial charge in [0, 0.05) is 6.42 Å². The molecule has 0 aromatic heterocycles. The molecule has 0 amide bonds. The van der Waals surface area contributed by atoms with E-state index in [-0.39, 0.29) is 18.1 Å². The van der Waals surface area contributed by atoms with Gasteiger partial charge in [0.25, 0.3) is 0 Å². The maximum absolute atomic E-state index is 11.7. The Labute approximate surface area is 110 Å². The molecule has 1 atom stereocenters. The number of carbonyl (C=O) groups excluding carboxylic acids is 1. The maximum atomic E-state index is 11.7. The summed E-state index contributed by atoms with van der Waals surface area (Å²) < 4.78 is 5.92. The molecule has 0 radical (unpaired) electrons. The van der Waals surface area contributed by atoms with Gasteiger partial charge in [-0.05, 0) is 39.5 Å². The molecule has 0 aliphatic carbocycles. The Bertz CT molecular complexity index is 402. The molecule has 0 aliphatic heterocycles. The summed E-state index contributed by atoms with van der Waals surface area (Å²) in [6.45, 7) is 3.65. The van der Waals surface area contributed by atoms with Gasteiger partial charge in [-0.25, -0.2) is 0 Å². The van der Waals surface area contributed by atoms with Gasteiger partial charge in [0.15, 0.2) is 5.78 Å². The fraction of sp³-hybridized carbons (Fsp3) is 0.462. The van der Waals surface area contributed by atoms with Crippen LogP contribution in [0.4, 0.5) is 0 Å². The predicted octanol–water partition coefficient (Wildman–Crippen LogP) is 2.59. The van der Waals surface area contributed by atoms with Crippen LogP contribution in [0.3, 0.4) is 0 Å². The second-order valence-electron chi connectivity index (χ2n) is 4.30. The fourth-order valence-electron chi connectivity index (χ4n) is 1.50. The highest BCUT2D eigenvalue weighted by atomic mass is 79.9. The van der Waals surface area contributed by atoms with Gasteiger partial charge in [0.2, 0.25) is 0 Å². The molecular formula is C13H17BrO3. The molecule has 1 rings (SSSR count). The first-order valence-corrected chi connectivity index (χ1v) is 6.28. The number of hydrogen-bond acceptors (Lipinski definition) is 3. The lowest BCUT2D eigenvalue weighted by Gasteiger charge is -2.13. The number of carbonyl (C=O) groups is 1. The lowest BCUT2D eigenvalue weighted by Crippen LogP contribution is -2.27. The molecule has 4 heteroatoms. The van der Waals surface area contributed by atoms with E-state index in [2.05, 4.69) is 15.9 Å². The van der Waals surface area contributed by atoms with Gasteiger partial charge in [-0.15, -0.1) is 0 Å². The normalized spacial score (nSPS) is 12.6. The second kappa shape index (κ2) is 6.17. The van der Waals surface area contributed by atoms with E-state index >= 15 is 0 Å². The summed E-state index contributed by atoms with van der Waals surface area (Å²) in [5, 5.41) is 9.64. The molecule has 0 bridgehead atoms. The Hall–Kier alpha value is -0.870. The number of benzene rings is 1. The topological polar surface area (TPSA) is 46.5 Å². The zero-order chi connectivity index (χ0) is 13.0. The molecule has 0 saturated heterocycles. The van der Waals surface area contributed by atoms with Crippen molar-refractivity contribution in [3.8, 4) is 5.75 Å². The van der Waals surface area contributed by atoms with Crippen LogP contribution in [0.5, 0.6) is 5.75 Å². The molecule has 1 unspecified atom stereocenters. The van der Waals surface area contributed by atoms with Crippen molar-refractivity contribution in [2.24, 2.45) is 5.92 Å². The Balaban J connectivity index is 2.76. The van der Waals surface area contributed by atoms with E-state index in [4.69, 9.17) is 4.74 Å². The Morgan fingerprint density at radius 2 is 2.12 bits per heavy atom. The van der Waals surface area contributed by atoms with Crippen molar-refractivity contribution in [2.45, 2.75) is 26.4 Å². The highest BCUT2D eigenvalue weighted by Crippen LogP contribution is 2.26. The Morgan fingerprint density at radius 1 is 1.47 bits per heavy atom. The number of halogens is 1. The van der Waals surface area contributed by atoms with Gasteiger partial charge in [-0.2, -0.15) is 0 Å². The lowest BCUT2D eigenvalue weighted by atomic mass is 9.98. The number of ketones is 1. The number of ether oxygens (including phenoxy) is 1. The van der Waals surface area contributed by atoms with Crippen LogP contribution in [0.25, 0.3) is 0 Å². The summed E-state index contributed by atoms with van der Waals surface area (Å²) >= 11 is 3.36. The van der Waals surface area contributed by atoms with Gasteiger partial charge >= 0.3 is 0 Å². The minimum absolute atomic E-state index is 0.0517. The smallest absolute Gasteiger partial charge is 0.165 e. The summed E-state index contributed by atoms with van der Waals surface area (Å²) in [6.07, 6.45) is -0.655. The van der Waals surface area contributed by atoms with Crippen molar-refractivity contribution >= 4 is 21.7 Å². The molecule has 0 spiro atoms. The monoisotopic (exact) mass is 300 g/mol. The first kappa shape index (κ1) is 14.2. The van der Waals surface area contributed by atoms with Gasteiger partial charge in [0.05, 0.1) is 11.6 Å². The number of rotatable bonds is 5. The van der Waals surface area contributed by atoms with Gasteiger partial charge in [0.1, 0.15) is 11.9 Å². The van der Waals surface area contributed by atoms with E-state index in [1.54, 1.807) is 13.2 Å². The fourth-order valence-corrected chi connectivity index (χ4v) is 2.09. The third-order valence-electron chi connectivity index (χ3n) is 2.56. The standard InChI is InChI=1S/C13H17BrO3/c1-8(2)13(16)11(15)7-9-4-5-12(17-3)10(14)6-9/h4-6,8,13,16H,7H2,1-3H3. The molecular weight excluding hydrogens is 284 g/mol.